The van der Waals surface area contributed by atoms with Crippen molar-refractivity contribution in [2.45, 2.75) is 26.2 Å². The predicted molar refractivity (Wildman–Crippen MR) is 69.5 cm³/mol. The largest absolute Gasteiger partial charge is 0.497 e. The minimum Gasteiger partial charge on any atom is -0.497 e. The van der Waals surface area contributed by atoms with E-state index in [1.807, 2.05) is 0 Å². The number of aliphatic carboxylic acids is 1. The molecule has 0 fully saturated rings. The molecule has 6 heteroatoms. The molecule has 0 unspecified atom stereocenters. The fraction of sp³-hybridized carbons (Fsp3) is 0.500. The van der Waals surface area contributed by atoms with E-state index in [1.54, 1.807) is 0 Å². The number of carboxylic acid groups (broad SMARTS) is 1. The van der Waals surface area contributed by atoms with Crippen LogP contribution in [0.2, 0.25) is 0 Å². The van der Waals surface area contributed by atoms with Gasteiger partial charge in [0.15, 0.2) is 0 Å². The molecule has 0 spiro atoms. The minimum atomic E-state index is -3.35. The summed E-state index contributed by atoms with van der Waals surface area (Å²) < 4.78 is 38.6. The number of benzene rings is 1. The molecule has 0 aliphatic rings. The number of halogens is 2. The highest BCUT2D eigenvalue weighted by Gasteiger charge is 2.44. The number of rotatable bonds is 6. The molecule has 112 valence electrons. The van der Waals surface area contributed by atoms with Gasteiger partial charge in [-0.2, -0.15) is 0 Å². The van der Waals surface area contributed by atoms with Gasteiger partial charge in [0.1, 0.15) is 11.5 Å². The first-order chi connectivity index (χ1) is 9.14. The zero-order valence-corrected chi connectivity index (χ0v) is 11.9. The second-order valence-corrected chi connectivity index (χ2v) is 5.14. The van der Waals surface area contributed by atoms with E-state index in [2.05, 4.69) is 0 Å². The molecule has 0 atom stereocenters. The lowest BCUT2D eigenvalue weighted by Crippen LogP contribution is -2.31. The maximum Gasteiger partial charge on any atom is 0.309 e. The summed E-state index contributed by atoms with van der Waals surface area (Å²) in [4.78, 5) is 11.0. The minimum absolute atomic E-state index is 0.00279. The van der Waals surface area contributed by atoms with E-state index in [0.29, 0.717) is 0 Å². The van der Waals surface area contributed by atoms with Crippen LogP contribution in [0.4, 0.5) is 8.78 Å². The Balaban J connectivity index is 3.23. The van der Waals surface area contributed by atoms with E-state index in [1.165, 1.54) is 40.2 Å². The molecule has 20 heavy (non-hydrogen) atoms. The third-order valence-electron chi connectivity index (χ3n) is 3.04. The van der Waals surface area contributed by atoms with E-state index >= 15 is 0 Å². The second-order valence-electron chi connectivity index (χ2n) is 5.14. The van der Waals surface area contributed by atoms with Crippen molar-refractivity contribution >= 4 is 5.97 Å². The molecule has 1 aromatic rings. The van der Waals surface area contributed by atoms with Crippen LogP contribution in [0.15, 0.2) is 18.2 Å². The van der Waals surface area contributed by atoms with Crippen molar-refractivity contribution in [3.8, 4) is 11.5 Å². The quantitative estimate of drug-likeness (QED) is 0.872. The molecule has 0 aromatic heterocycles. The Hall–Kier alpha value is -1.85. The van der Waals surface area contributed by atoms with Crippen LogP contribution >= 0.6 is 0 Å². The number of methoxy groups -OCH3 is 2. The van der Waals surface area contributed by atoms with E-state index < -0.39 is 23.7 Å². The number of alkyl halides is 2. The van der Waals surface area contributed by atoms with Crippen LogP contribution in [0.1, 0.15) is 25.8 Å². The van der Waals surface area contributed by atoms with Crippen molar-refractivity contribution < 1.29 is 28.2 Å². The van der Waals surface area contributed by atoms with Crippen LogP contribution in [0.5, 0.6) is 11.5 Å². The number of hydrogen-bond acceptors (Lipinski definition) is 3. The molecule has 0 aliphatic carbocycles. The average Bonchev–Trinajstić information content (AvgIpc) is 2.36. The lowest BCUT2D eigenvalue weighted by atomic mass is 9.84. The normalized spacial score (nSPS) is 12.1. The third kappa shape index (κ3) is 3.37. The van der Waals surface area contributed by atoms with Crippen LogP contribution in [0.3, 0.4) is 0 Å². The summed E-state index contributed by atoms with van der Waals surface area (Å²) >= 11 is 0. The molecular weight excluding hydrogens is 270 g/mol. The fourth-order valence-corrected chi connectivity index (χ4v) is 1.83. The highest BCUT2D eigenvalue weighted by Crippen LogP contribution is 2.44. The first-order valence-electron chi connectivity index (χ1n) is 5.98. The standard InChI is InChI=1S/C14H18F2O4/c1-13(2,12(17)18)8-14(15,16)10-7-9(19-3)5-6-11(10)20-4/h5-7H,8H2,1-4H3,(H,17,18). The molecule has 0 radical (unpaired) electrons. The van der Waals surface area contributed by atoms with Gasteiger partial charge in [0, 0.05) is 6.42 Å². The molecule has 1 N–H and O–H groups in total. The lowest BCUT2D eigenvalue weighted by molar-refractivity contribution is -0.153. The van der Waals surface area contributed by atoms with Crippen molar-refractivity contribution in [2.24, 2.45) is 5.41 Å². The van der Waals surface area contributed by atoms with Crippen molar-refractivity contribution in [3.63, 3.8) is 0 Å². The molecule has 0 aliphatic heterocycles. The van der Waals surface area contributed by atoms with Gasteiger partial charge < -0.3 is 14.6 Å². The van der Waals surface area contributed by atoms with E-state index in [-0.39, 0.29) is 17.1 Å². The summed E-state index contributed by atoms with van der Waals surface area (Å²) in [6.07, 6.45) is -0.834. The number of hydrogen-bond donors (Lipinski definition) is 1. The topological polar surface area (TPSA) is 55.8 Å². The Labute approximate surface area is 116 Å². The summed E-state index contributed by atoms with van der Waals surface area (Å²) in [6, 6.07) is 4.04. The number of ether oxygens (including phenoxy) is 2. The van der Waals surface area contributed by atoms with Crippen LogP contribution in [0, 0.1) is 5.41 Å². The Morgan fingerprint density at radius 1 is 1.25 bits per heavy atom. The van der Waals surface area contributed by atoms with Crippen LogP contribution in [-0.4, -0.2) is 25.3 Å². The summed E-state index contributed by atoms with van der Waals surface area (Å²) in [7, 11) is 2.65. The number of carboxylic acids is 1. The van der Waals surface area contributed by atoms with E-state index in [9.17, 15) is 13.6 Å². The van der Waals surface area contributed by atoms with Gasteiger partial charge in [-0.05, 0) is 32.0 Å². The molecule has 0 saturated heterocycles. The van der Waals surface area contributed by atoms with Crippen molar-refractivity contribution in [2.75, 3.05) is 14.2 Å². The molecule has 0 bridgehead atoms. The molecule has 0 amide bonds. The second kappa shape index (κ2) is 5.64. The maximum atomic E-state index is 14.4. The molecule has 4 nitrogen and oxygen atoms in total. The summed E-state index contributed by atoms with van der Waals surface area (Å²) in [6.45, 7) is 2.52. The third-order valence-corrected chi connectivity index (χ3v) is 3.04. The first-order valence-corrected chi connectivity index (χ1v) is 5.98. The van der Waals surface area contributed by atoms with Gasteiger partial charge in [-0.25, -0.2) is 8.78 Å². The zero-order chi connectivity index (χ0) is 15.6. The van der Waals surface area contributed by atoms with Gasteiger partial charge in [-0.15, -0.1) is 0 Å². The molecular formula is C14H18F2O4. The summed E-state index contributed by atoms with van der Waals surface area (Å²) in [5.41, 5.74) is -1.94. The van der Waals surface area contributed by atoms with Gasteiger partial charge >= 0.3 is 5.97 Å². The molecule has 0 saturated carbocycles. The van der Waals surface area contributed by atoms with Crippen molar-refractivity contribution in [1.29, 1.82) is 0 Å². The average molecular weight is 288 g/mol. The van der Waals surface area contributed by atoms with Crippen LogP contribution in [-0.2, 0) is 10.7 Å². The monoisotopic (exact) mass is 288 g/mol. The maximum absolute atomic E-state index is 14.4. The van der Waals surface area contributed by atoms with Crippen LogP contribution in [0.25, 0.3) is 0 Å². The smallest absolute Gasteiger partial charge is 0.309 e. The Morgan fingerprint density at radius 2 is 1.85 bits per heavy atom. The summed E-state index contributed by atoms with van der Waals surface area (Å²) in [5.74, 6) is -4.37. The lowest BCUT2D eigenvalue weighted by Gasteiger charge is -2.27. The Bertz CT molecular complexity index is 498. The fourth-order valence-electron chi connectivity index (χ4n) is 1.83. The zero-order valence-electron chi connectivity index (χ0n) is 11.9. The predicted octanol–water partition coefficient (Wildman–Crippen LogP) is 3.30. The highest BCUT2D eigenvalue weighted by molar-refractivity contribution is 5.73. The van der Waals surface area contributed by atoms with Gasteiger partial charge in [0.2, 0.25) is 0 Å². The van der Waals surface area contributed by atoms with Gasteiger partial charge in [-0.3, -0.25) is 4.79 Å². The van der Waals surface area contributed by atoms with Gasteiger partial charge in [0.05, 0.1) is 25.2 Å². The van der Waals surface area contributed by atoms with Crippen LogP contribution < -0.4 is 9.47 Å². The Morgan fingerprint density at radius 3 is 2.30 bits per heavy atom. The highest BCUT2D eigenvalue weighted by atomic mass is 19.3. The summed E-state index contributed by atoms with van der Waals surface area (Å²) in [5, 5.41) is 8.99. The number of carbonyl (C=O) groups is 1. The van der Waals surface area contributed by atoms with E-state index in [0.717, 1.165) is 6.07 Å². The van der Waals surface area contributed by atoms with Crippen molar-refractivity contribution in [3.05, 3.63) is 23.8 Å². The van der Waals surface area contributed by atoms with Gasteiger partial charge in [0.25, 0.3) is 5.92 Å². The SMILES string of the molecule is COc1ccc(OC)c(C(F)(F)CC(C)(C)C(=O)O)c1. The Kier molecular flexibility index (Phi) is 4.57. The van der Waals surface area contributed by atoms with Gasteiger partial charge in [-0.1, -0.05) is 0 Å². The molecule has 0 heterocycles. The van der Waals surface area contributed by atoms with Crippen molar-refractivity contribution in [1.82, 2.24) is 0 Å². The van der Waals surface area contributed by atoms with E-state index in [4.69, 9.17) is 14.6 Å². The molecule has 1 rings (SSSR count). The first kappa shape index (κ1) is 16.2. The molecule has 1 aromatic carbocycles.